The topological polar surface area (TPSA) is 29.9 Å². The van der Waals surface area contributed by atoms with E-state index in [2.05, 4.69) is 37.4 Å². The Bertz CT molecular complexity index is 408. The smallest absolute Gasteiger partial charge is 0.0521 e. The first kappa shape index (κ1) is 15.6. The van der Waals surface area contributed by atoms with Crippen molar-refractivity contribution >= 4 is 0 Å². The van der Waals surface area contributed by atoms with Crippen molar-refractivity contribution in [2.75, 3.05) is 6.54 Å². The summed E-state index contributed by atoms with van der Waals surface area (Å²) in [5.41, 5.74) is 1.85. The molecule has 2 rings (SSSR count). The van der Waals surface area contributed by atoms with E-state index in [1.165, 1.54) is 37.7 Å². The van der Waals surface area contributed by atoms with Crippen LogP contribution in [0.25, 0.3) is 0 Å². The maximum absolute atomic E-state index is 4.28. The summed E-state index contributed by atoms with van der Waals surface area (Å²) in [6.07, 6.45) is 12.1. The highest BCUT2D eigenvalue weighted by Crippen LogP contribution is 2.43. The fraction of sp³-hybridized carbons (Fsp3) is 0.824. The molecule has 1 fully saturated rings. The molecule has 3 heteroatoms. The summed E-state index contributed by atoms with van der Waals surface area (Å²) in [5.74, 6) is 0.813. The largest absolute Gasteiger partial charge is 0.314 e. The maximum atomic E-state index is 4.28. The first-order valence-electron chi connectivity index (χ1n) is 8.24. The van der Waals surface area contributed by atoms with E-state index in [1.807, 2.05) is 17.9 Å². The minimum atomic E-state index is 0.486. The van der Waals surface area contributed by atoms with Gasteiger partial charge in [0.1, 0.15) is 0 Å². The average Bonchev–Trinajstić information content (AvgIpc) is 2.80. The summed E-state index contributed by atoms with van der Waals surface area (Å²) in [6.45, 7) is 8.23. The minimum Gasteiger partial charge on any atom is -0.314 e. The summed E-state index contributed by atoms with van der Waals surface area (Å²) in [4.78, 5) is 0. The minimum absolute atomic E-state index is 0.486. The highest BCUT2D eigenvalue weighted by Gasteiger charge is 2.36. The van der Waals surface area contributed by atoms with E-state index in [0.717, 1.165) is 18.9 Å². The predicted octanol–water partition coefficient (Wildman–Crippen LogP) is 3.55. The van der Waals surface area contributed by atoms with Crippen molar-refractivity contribution in [1.82, 2.24) is 15.1 Å². The molecule has 1 N–H and O–H groups in total. The van der Waals surface area contributed by atoms with Crippen molar-refractivity contribution < 1.29 is 0 Å². The normalized spacial score (nSPS) is 23.7. The molecular formula is C17H31N3. The SMILES string of the molecule is CCNC(CCc1cnn(C)c1)C1CCCCC1(C)C. The highest BCUT2D eigenvalue weighted by molar-refractivity contribution is 5.04. The second-order valence-electron chi connectivity index (χ2n) is 7.07. The number of aryl methyl sites for hydroxylation is 2. The summed E-state index contributed by atoms with van der Waals surface area (Å²) in [7, 11) is 2.00. The second kappa shape index (κ2) is 6.75. The lowest BCUT2D eigenvalue weighted by atomic mass is 9.65. The van der Waals surface area contributed by atoms with Gasteiger partial charge < -0.3 is 5.32 Å². The molecule has 0 amide bonds. The van der Waals surface area contributed by atoms with Crippen LogP contribution in [-0.4, -0.2) is 22.4 Å². The fourth-order valence-electron chi connectivity index (χ4n) is 3.90. The van der Waals surface area contributed by atoms with Crippen molar-refractivity contribution in [3.8, 4) is 0 Å². The van der Waals surface area contributed by atoms with Gasteiger partial charge in [-0.3, -0.25) is 4.68 Å². The van der Waals surface area contributed by atoms with Gasteiger partial charge >= 0.3 is 0 Å². The van der Waals surface area contributed by atoms with Gasteiger partial charge in [-0.25, -0.2) is 0 Å². The van der Waals surface area contributed by atoms with Gasteiger partial charge in [-0.15, -0.1) is 0 Å². The van der Waals surface area contributed by atoms with Gasteiger partial charge in [0.15, 0.2) is 0 Å². The molecule has 1 aliphatic rings. The predicted molar refractivity (Wildman–Crippen MR) is 84.7 cm³/mol. The van der Waals surface area contributed by atoms with Crippen molar-refractivity contribution in [3.63, 3.8) is 0 Å². The van der Waals surface area contributed by atoms with Crippen LogP contribution in [0.5, 0.6) is 0 Å². The summed E-state index contributed by atoms with van der Waals surface area (Å²) >= 11 is 0. The van der Waals surface area contributed by atoms with Gasteiger partial charge in [0, 0.05) is 19.3 Å². The lowest BCUT2D eigenvalue weighted by Crippen LogP contribution is -2.45. The van der Waals surface area contributed by atoms with Crippen LogP contribution in [0.15, 0.2) is 12.4 Å². The molecule has 1 aromatic rings. The third kappa shape index (κ3) is 3.85. The molecule has 114 valence electrons. The van der Waals surface area contributed by atoms with Crippen LogP contribution in [-0.2, 0) is 13.5 Å². The molecule has 1 saturated carbocycles. The van der Waals surface area contributed by atoms with E-state index in [0.29, 0.717) is 11.5 Å². The molecule has 2 unspecified atom stereocenters. The van der Waals surface area contributed by atoms with Gasteiger partial charge in [0.2, 0.25) is 0 Å². The zero-order valence-electron chi connectivity index (χ0n) is 13.7. The van der Waals surface area contributed by atoms with Crippen LogP contribution in [0.2, 0.25) is 0 Å². The molecule has 3 nitrogen and oxygen atoms in total. The monoisotopic (exact) mass is 277 g/mol. The quantitative estimate of drug-likeness (QED) is 0.862. The third-order valence-electron chi connectivity index (χ3n) is 5.04. The van der Waals surface area contributed by atoms with Crippen LogP contribution in [0, 0.1) is 11.3 Å². The zero-order valence-corrected chi connectivity index (χ0v) is 13.7. The Hall–Kier alpha value is -0.830. The van der Waals surface area contributed by atoms with E-state index < -0.39 is 0 Å². The highest BCUT2D eigenvalue weighted by atomic mass is 15.2. The Labute approximate surface area is 124 Å². The first-order chi connectivity index (χ1) is 9.53. The molecule has 1 heterocycles. The summed E-state index contributed by atoms with van der Waals surface area (Å²) in [5, 5.41) is 8.04. The molecular weight excluding hydrogens is 246 g/mol. The van der Waals surface area contributed by atoms with Crippen molar-refractivity contribution in [3.05, 3.63) is 18.0 Å². The number of nitrogens with one attached hydrogen (secondary N) is 1. The van der Waals surface area contributed by atoms with Crippen LogP contribution >= 0.6 is 0 Å². The number of rotatable bonds is 6. The zero-order chi connectivity index (χ0) is 14.6. The Balaban J connectivity index is 1.98. The van der Waals surface area contributed by atoms with Gasteiger partial charge in [-0.05, 0) is 49.1 Å². The first-order valence-corrected chi connectivity index (χ1v) is 8.24. The van der Waals surface area contributed by atoms with Crippen LogP contribution < -0.4 is 5.32 Å². The molecule has 0 radical (unpaired) electrons. The number of hydrogen-bond acceptors (Lipinski definition) is 2. The van der Waals surface area contributed by atoms with Crippen LogP contribution in [0.4, 0.5) is 0 Å². The van der Waals surface area contributed by atoms with Gasteiger partial charge in [-0.1, -0.05) is 33.6 Å². The van der Waals surface area contributed by atoms with Crippen molar-refractivity contribution in [1.29, 1.82) is 0 Å². The molecule has 0 spiro atoms. The Morgan fingerprint density at radius 2 is 2.25 bits per heavy atom. The number of hydrogen-bond donors (Lipinski definition) is 1. The van der Waals surface area contributed by atoms with E-state index in [4.69, 9.17) is 0 Å². The molecule has 0 aromatic carbocycles. The Kier molecular flexibility index (Phi) is 5.25. The maximum Gasteiger partial charge on any atom is 0.0521 e. The molecule has 0 bridgehead atoms. The van der Waals surface area contributed by atoms with E-state index in [9.17, 15) is 0 Å². The fourth-order valence-corrected chi connectivity index (χ4v) is 3.90. The molecule has 1 aromatic heterocycles. The van der Waals surface area contributed by atoms with E-state index in [1.54, 1.807) is 0 Å². The number of nitrogens with zero attached hydrogens (tertiary/aromatic N) is 2. The second-order valence-corrected chi connectivity index (χ2v) is 7.07. The Morgan fingerprint density at radius 3 is 2.85 bits per heavy atom. The van der Waals surface area contributed by atoms with Crippen molar-refractivity contribution in [2.24, 2.45) is 18.4 Å². The molecule has 1 aliphatic carbocycles. The molecule has 20 heavy (non-hydrogen) atoms. The molecule has 0 saturated heterocycles. The van der Waals surface area contributed by atoms with E-state index in [-0.39, 0.29) is 0 Å². The van der Waals surface area contributed by atoms with Gasteiger partial charge in [0.05, 0.1) is 6.20 Å². The summed E-state index contributed by atoms with van der Waals surface area (Å²) in [6, 6.07) is 0.649. The standard InChI is InChI=1S/C17H31N3/c1-5-18-16(10-9-14-12-19-20(4)13-14)15-8-6-7-11-17(15,2)3/h12-13,15-16,18H,5-11H2,1-4H3. The van der Waals surface area contributed by atoms with Crippen molar-refractivity contribution in [2.45, 2.75) is 65.3 Å². The average molecular weight is 277 g/mol. The molecule has 0 aliphatic heterocycles. The lowest BCUT2D eigenvalue weighted by Gasteiger charge is -2.43. The van der Waals surface area contributed by atoms with Gasteiger partial charge in [0.25, 0.3) is 0 Å². The molecule has 2 atom stereocenters. The third-order valence-corrected chi connectivity index (χ3v) is 5.04. The van der Waals surface area contributed by atoms with E-state index >= 15 is 0 Å². The van der Waals surface area contributed by atoms with Crippen LogP contribution in [0.1, 0.15) is 58.4 Å². The Morgan fingerprint density at radius 1 is 1.45 bits per heavy atom. The van der Waals surface area contributed by atoms with Gasteiger partial charge in [-0.2, -0.15) is 5.10 Å². The lowest BCUT2D eigenvalue weighted by molar-refractivity contribution is 0.0954. The summed E-state index contributed by atoms with van der Waals surface area (Å²) < 4.78 is 1.90. The number of aromatic nitrogens is 2. The van der Waals surface area contributed by atoms with Crippen LogP contribution in [0.3, 0.4) is 0 Å².